The average molecular weight is 459 g/mol. The summed E-state index contributed by atoms with van der Waals surface area (Å²) in [7, 11) is 0. The van der Waals surface area contributed by atoms with Gasteiger partial charge in [-0.2, -0.15) is 5.10 Å². The molecule has 0 radical (unpaired) electrons. The van der Waals surface area contributed by atoms with Crippen LogP contribution in [0, 0.1) is 13.8 Å². The Labute approximate surface area is 196 Å². The summed E-state index contributed by atoms with van der Waals surface area (Å²) < 4.78 is 2.89. The number of nitrogens with zero attached hydrogens (tertiary/aromatic N) is 5. The molecule has 0 aliphatic carbocycles. The van der Waals surface area contributed by atoms with Crippen molar-refractivity contribution in [1.29, 1.82) is 0 Å². The van der Waals surface area contributed by atoms with Gasteiger partial charge in [0.15, 0.2) is 5.65 Å². The number of primary amides is 1. The van der Waals surface area contributed by atoms with Crippen LogP contribution in [-0.4, -0.2) is 42.6 Å². The summed E-state index contributed by atoms with van der Waals surface area (Å²) >= 11 is 0. The summed E-state index contributed by atoms with van der Waals surface area (Å²) in [6.45, 7) is 4.25. The summed E-state index contributed by atoms with van der Waals surface area (Å²) in [5.41, 5.74) is 9.24. The number of hydrogen-bond donors (Lipinski definition) is 1. The van der Waals surface area contributed by atoms with Crippen LogP contribution in [0.4, 0.5) is 0 Å². The van der Waals surface area contributed by atoms with Crippen molar-refractivity contribution in [3.63, 3.8) is 0 Å². The number of nitrogens with two attached hydrogens (primary N) is 1. The fourth-order valence-electron chi connectivity index (χ4n) is 3.91. The molecule has 174 valence electrons. The van der Waals surface area contributed by atoms with Gasteiger partial charge in [-0.15, -0.1) is 0 Å². The van der Waals surface area contributed by atoms with E-state index in [0.717, 1.165) is 22.4 Å². The molecule has 9 heteroatoms. The molecule has 2 heterocycles. The van der Waals surface area contributed by atoms with E-state index < -0.39 is 5.91 Å². The van der Waals surface area contributed by atoms with E-state index in [1.807, 2.05) is 56.3 Å². The van der Waals surface area contributed by atoms with Crippen molar-refractivity contribution in [2.45, 2.75) is 33.4 Å². The quantitative estimate of drug-likeness (QED) is 0.434. The molecule has 0 fully saturated rings. The molecule has 0 atom stereocenters. The van der Waals surface area contributed by atoms with Crippen LogP contribution >= 0.6 is 0 Å². The Balaban J connectivity index is 1.61. The fourth-order valence-corrected chi connectivity index (χ4v) is 3.91. The third kappa shape index (κ3) is 5.03. The molecule has 0 unspecified atom stereocenters. The molecule has 0 spiro atoms. The topological polar surface area (TPSA) is 116 Å². The van der Waals surface area contributed by atoms with Crippen molar-refractivity contribution in [3.8, 4) is 5.69 Å². The summed E-state index contributed by atoms with van der Waals surface area (Å²) in [4.78, 5) is 43.5. The van der Waals surface area contributed by atoms with E-state index in [9.17, 15) is 14.4 Å². The lowest BCUT2D eigenvalue weighted by atomic mass is 10.1. The number of rotatable bonds is 8. The summed E-state index contributed by atoms with van der Waals surface area (Å²) in [6.07, 6.45) is 2.86. The Kier molecular flexibility index (Phi) is 6.53. The first-order valence-electron chi connectivity index (χ1n) is 10.9. The zero-order valence-corrected chi connectivity index (χ0v) is 19.1. The van der Waals surface area contributed by atoms with E-state index in [1.54, 1.807) is 4.68 Å². The SMILES string of the molecule is Cc1cc(C)cc(-n2ncc3c(=O)n(CC(=O)N(CCC(N)=O)Cc4ccccc4)cnc32)c1. The first-order chi connectivity index (χ1) is 16.3. The molecule has 4 aromatic rings. The molecule has 0 aliphatic heterocycles. The van der Waals surface area contributed by atoms with Gasteiger partial charge in [-0.1, -0.05) is 36.4 Å². The molecule has 34 heavy (non-hydrogen) atoms. The van der Waals surface area contributed by atoms with Crippen molar-refractivity contribution in [1.82, 2.24) is 24.2 Å². The van der Waals surface area contributed by atoms with Crippen LogP contribution in [0.25, 0.3) is 16.7 Å². The highest BCUT2D eigenvalue weighted by Gasteiger charge is 2.18. The molecule has 9 nitrogen and oxygen atoms in total. The second kappa shape index (κ2) is 9.70. The zero-order valence-electron chi connectivity index (χ0n) is 19.1. The Morgan fingerprint density at radius 1 is 1.06 bits per heavy atom. The molecule has 2 aromatic heterocycles. The highest BCUT2D eigenvalue weighted by molar-refractivity contribution is 5.79. The molecule has 2 N–H and O–H groups in total. The standard InChI is InChI=1S/C25H26N6O3/c1-17-10-18(2)12-20(11-17)31-24-21(13-28-31)25(34)30(16-27-24)15-23(33)29(9-8-22(26)32)14-19-6-4-3-5-7-19/h3-7,10-13,16H,8-9,14-15H2,1-2H3,(H2,26,32). The molecule has 0 saturated carbocycles. The van der Waals surface area contributed by atoms with Gasteiger partial charge in [0.25, 0.3) is 5.56 Å². The van der Waals surface area contributed by atoms with Crippen molar-refractivity contribution < 1.29 is 9.59 Å². The number of benzene rings is 2. The van der Waals surface area contributed by atoms with Gasteiger partial charge in [0.1, 0.15) is 18.3 Å². The van der Waals surface area contributed by atoms with Gasteiger partial charge in [-0.25, -0.2) is 9.67 Å². The van der Waals surface area contributed by atoms with E-state index in [2.05, 4.69) is 16.1 Å². The van der Waals surface area contributed by atoms with E-state index >= 15 is 0 Å². The molecular formula is C25H26N6O3. The lowest BCUT2D eigenvalue weighted by Crippen LogP contribution is -2.38. The summed E-state index contributed by atoms with van der Waals surface area (Å²) in [5, 5.41) is 4.68. The van der Waals surface area contributed by atoms with Gasteiger partial charge in [0.2, 0.25) is 11.8 Å². The van der Waals surface area contributed by atoms with E-state index in [0.29, 0.717) is 17.6 Å². The van der Waals surface area contributed by atoms with Crippen molar-refractivity contribution in [2.75, 3.05) is 6.54 Å². The largest absolute Gasteiger partial charge is 0.370 e. The lowest BCUT2D eigenvalue weighted by molar-refractivity contribution is -0.133. The minimum atomic E-state index is -0.495. The molecular weight excluding hydrogens is 432 g/mol. The van der Waals surface area contributed by atoms with Gasteiger partial charge in [0, 0.05) is 19.5 Å². The van der Waals surface area contributed by atoms with E-state index in [-0.39, 0.29) is 31.0 Å². The lowest BCUT2D eigenvalue weighted by Gasteiger charge is -2.22. The van der Waals surface area contributed by atoms with Crippen LogP contribution in [0.2, 0.25) is 0 Å². The van der Waals surface area contributed by atoms with Gasteiger partial charge in [-0.3, -0.25) is 19.0 Å². The first kappa shape index (κ1) is 22.9. The van der Waals surface area contributed by atoms with Crippen molar-refractivity contribution in [2.24, 2.45) is 5.73 Å². The second-order valence-corrected chi connectivity index (χ2v) is 8.33. The Hall–Kier alpha value is -4.27. The highest BCUT2D eigenvalue weighted by atomic mass is 16.2. The predicted octanol–water partition coefficient (Wildman–Crippen LogP) is 2.10. The molecule has 0 bridgehead atoms. The highest BCUT2D eigenvalue weighted by Crippen LogP contribution is 2.17. The maximum absolute atomic E-state index is 13.1. The average Bonchev–Trinajstić information content (AvgIpc) is 3.23. The Bertz CT molecular complexity index is 1390. The maximum atomic E-state index is 13.1. The van der Waals surface area contributed by atoms with Crippen molar-refractivity contribution >= 4 is 22.8 Å². The number of carbonyl (C=O) groups is 2. The van der Waals surface area contributed by atoms with Crippen LogP contribution < -0.4 is 11.3 Å². The number of hydrogen-bond acceptors (Lipinski definition) is 5. The van der Waals surface area contributed by atoms with Crippen molar-refractivity contribution in [3.05, 3.63) is 88.1 Å². The Morgan fingerprint density at radius 2 is 1.76 bits per heavy atom. The number of aromatic nitrogens is 4. The van der Waals surface area contributed by atoms with E-state index in [1.165, 1.54) is 22.0 Å². The van der Waals surface area contributed by atoms with Gasteiger partial charge in [-0.05, 0) is 42.7 Å². The Morgan fingerprint density at radius 3 is 2.44 bits per heavy atom. The van der Waals surface area contributed by atoms with Crippen LogP contribution in [0.1, 0.15) is 23.1 Å². The molecule has 2 amide bonds. The number of carbonyl (C=O) groups excluding carboxylic acids is 2. The normalized spacial score (nSPS) is 11.0. The smallest absolute Gasteiger partial charge is 0.264 e. The number of aryl methyl sites for hydroxylation is 2. The third-order valence-corrected chi connectivity index (χ3v) is 5.51. The fraction of sp³-hybridized carbons (Fsp3) is 0.240. The van der Waals surface area contributed by atoms with Crippen LogP contribution in [0.5, 0.6) is 0 Å². The van der Waals surface area contributed by atoms with E-state index in [4.69, 9.17) is 5.73 Å². The van der Waals surface area contributed by atoms with Gasteiger partial charge >= 0.3 is 0 Å². The number of amides is 2. The van der Waals surface area contributed by atoms with Crippen LogP contribution in [-0.2, 0) is 22.7 Å². The predicted molar refractivity (Wildman–Crippen MR) is 128 cm³/mol. The minimum absolute atomic E-state index is 0.0352. The molecule has 4 rings (SSSR count). The zero-order chi connectivity index (χ0) is 24.2. The summed E-state index contributed by atoms with van der Waals surface area (Å²) in [5.74, 6) is -0.806. The van der Waals surface area contributed by atoms with Gasteiger partial charge < -0.3 is 10.6 Å². The molecule has 0 saturated heterocycles. The maximum Gasteiger partial charge on any atom is 0.264 e. The first-order valence-corrected chi connectivity index (χ1v) is 10.9. The summed E-state index contributed by atoms with van der Waals surface area (Å²) in [6, 6.07) is 15.4. The monoisotopic (exact) mass is 458 g/mol. The second-order valence-electron chi connectivity index (χ2n) is 8.33. The van der Waals surface area contributed by atoms with Gasteiger partial charge in [0.05, 0.1) is 11.9 Å². The van der Waals surface area contributed by atoms with Crippen LogP contribution in [0.15, 0.2) is 65.8 Å². The van der Waals surface area contributed by atoms with Crippen LogP contribution in [0.3, 0.4) is 0 Å². The molecule has 2 aromatic carbocycles. The third-order valence-electron chi connectivity index (χ3n) is 5.51. The minimum Gasteiger partial charge on any atom is -0.370 e. The number of fused-ring (bicyclic) bond motifs is 1. The molecule has 0 aliphatic rings.